The number of carbonyl (C=O) groups excluding carboxylic acids is 3. The van der Waals surface area contributed by atoms with Crippen LogP contribution in [0.25, 0.3) is 0 Å². The first-order valence-corrected chi connectivity index (χ1v) is 9.74. The van der Waals surface area contributed by atoms with E-state index in [9.17, 15) is 14.4 Å². The quantitative estimate of drug-likeness (QED) is 0.189. The zero-order valence-electron chi connectivity index (χ0n) is 17.9. The number of amides is 2. The third kappa shape index (κ3) is 6.17. The highest BCUT2D eigenvalue weighted by Gasteiger charge is 2.15. The Morgan fingerprint density at radius 3 is 2.30 bits per heavy atom. The number of anilines is 1. The van der Waals surface area contributed by atoms with Crippen molar-refractivity contribution in [1.29, 1.82) is 0 Å². The van der Waals surface area contributed by atoms with Crippen LogP contribution in [0.3, 0.4) is 0 Å². The van der Waals surface area contributed by atoms with Crippen LogP contribution in [0.4, 0.5) is 5.69 Å². The molecule has 3 aromatic rings. The summed E-state index contributed by atoms with van der Waals surface area (Å²) in [6, 6.07) is 19.8. The van der Waals surface area contributed by atoms with Crippen LogP contribution >= 0.6 is 0 Å². The molecule has 168 valence electrons. The molecule has 0 aliphatic carbocycles. The highest BCUT2D eigenvalue weighted by atomic mass is 16.5. The fourth-order valence-corrected chi connectivity index (χ4v) is 2.73. The summed E-state index contributed by atoms with van der Waals surface area (Å²) < 4.78 is 15.7. The van der Waals surface area contributed by atoms with Crippen molar-refractivity contribution in [2.75, 3.05) is 19.5 Å². The monoisotopic (exact) mass is 447 g/mol. The maximum atomic E-state index is 12.5. The van der Waals surface area contributed by atoms with Gasteiger partial charge in [0.05, 0.1) is 31.7 Å². The number of carbonyl (C=O) groups is 3. The lowest BCUT2D eigenvalue weighted by molar-refractivity contribution is -0.136. The predicted molar refractivity (Wildman–Crippen MR) is 122 cm³/mol. The Balaban J connectivity index is 1.64. The summed E-state index contributed by atoms with van der Waals surface area (Å²) in [6.45, 7) is 0. The Morgan fingerprint density at radius 1 is 0.818 bits per heavy atom. The maximum absolute atomic E-state index is 12.5. The number of para-hydroxylation sites is 3. The van der Waals surface area contributed by atoms with Crippen molar-refractivity contribution in [3.8, 4) is 17.2 Å². The third-order valence-electron chi connectivity index (χ3n) is 4.36. The van der Waals surface area contributed by atoms with Gasteiger partial charge in [-0.2, -0.15) is 5.10 Å². The normalized spacial score (nSPS) is 10.4. The summed E-state index contributed by atoms with van der Waals surface area (Å²) in [7, 11) is 2.95. The number of methoxy groups -OCH3 is 2. The average molecular weight is 447 g/mol. The van der Waals surface area contributed by atoms with Gasteiger partial charge < -0.3 is 19.5 Å². The van der Waals surface area contributed by atoms with Gasteiger partial charge in [-0.15, -0.1) is 0 Å². The van der Waals surface area contributed by atoms with E-state index in [0.29, 0.717) is 28.3 Å². The molecule has 0 aliphatic heterocycles. The number of nitrogens with one attached hydrogen (secondary N) is 2. The van der Waals surface area contributed by atoms with E-state index in [2.05, 4.69) is 15.8 Å². The SMILES string of the molecule is COc1cccc(C(=O)Oc2ccccc2C=NNC(=O)C(=O)Nc2ccccc2OC)c1. The van der Waals surface area contributed by atoms with Crippen molar-refractivity contribution in [3.63, 3.8) is 0 Å². The average Bonchev–Trinajstić information content (AvgIpc) is 2.85. The fourth-order valence-electron chi connectivity index (χ4n) is 2.73. The molecule has 0 aromatic heterocycles. The van der Waals surface area contributed by atoms with Gasteiger partial charge in [0, 0.05) is 5.56 Å². The van der Waals surface area contributed by atoms with Crippen molar-refractivity contribution in [2.24, 2.45) is 5.10 Å². The molecule has 0 aliphatic rings. The lowest BCUT2D eigenvalue weighted by Crippen LogP contribution is -2.32. The Hall–Kier alpha value is -4.66. The summed E-state index contributed by atoms with van der Waals surface area (Å²) in [4.78, 5) is 36.7. The highest BCUT2D eigenvalue weighted by molar-refractivity contribution is 6.39. The van der Waals surface area contributed by atoms with E-state index in [-0.39, 0.29) is 5.75 Å². The maximum Gasteiger partial charge on any atom is 0.343 e. The van der Waals surface area contributed by atoms with Crippen LogP contribution in [0.5, 0.6) is 17.2 Å². The molecule has 0 bridgehead atoms. The molecule has 0 atom stereocenters. The molecule has 2 amide bonds. The molecule has 0 heterocycles. The summed E-state index contributed by atoms with van der Waals surface area (Å²) in [6.07, 6.45) is 1.27. The van der Waals surface area contributed by atoms with E-state index in [1.165, 1.54) is 20.4 Å². The van der Waals surface area contributed by atoms with Gasteiger partial charge in [0.1, 0.15) is 17.2 Å². The van der Waals surface area contributed by atoms with Crippen LogP contribution in [0.15, 0.2) is 77.9 Å². The van der Waals surface area contributed by atoms with E-state index in [4.69, 9.17) is 14.2 Å². The van der Waals surface area contributed by atoms with Crippen LogP contribution < -0.4 is 25.0 Å². The van der Waals surface area contributed by atoms with Gasteiger partial charge >= 0.3 is 17.8 Å². The van der Waals surface area contributed by atoms with Gasteiger partial charge in [0.2, 0.25) is 0 Å². The molecule has 0 unspecified atom stereocenters. The van der Waals surface area contributed by atoms with Crippen LogP contribution in [0.2, 0.25) is 0 Å². The van der Waals surface area contributed by atoms with Crippen molar-refractivity contribution < 1.29 is 28.6 Å². The molecular weight excluding hydrogens is 426 g/mol. The number of esters is 1. The van der Waals surface area contributed by atoms with E-state index >= 15 is 0 Å². The minimum absolute atomic E-state index is 0.224. The van der Waals surface area contributed by atoms with E-state index in [0.717, 1.165) is 0 Å². The topological polar surface area (TPSA) is 115 Å². The minimum Gasteiger partial charge on any atom is -0.497 e. The van der Waals surface area contributed by atoms with E-state index in [1.54, 1.807) is 72.8 Å². The second-order valence-corrected chi connectivity index (χ2v) is 6.51. The van der Waals surface area contributed by atoms with E-state index in [1.807, 2.05) is 0 Å². The second kappa shape index (κ2) is 11.1. The molecular formula is C24H21N3O6. The summed E-state index contributed by atoms with van der Waals surface area (Å²) in [5, 5.41) is 6.23. The lowest BCUT2D eigenvalue weighted by atomic mass is 10.2. The standard InChI is InChI=1S/C24H21N3O6/c1-31-18-10-7-9-16(14-18)24(30)33-20-12-5-3-8-17(20)15-25-27-23(29)22(28)26-19-11-4-6-13-21(19)32-2/h3-15H,1-2H3,(H,26,28)(H,27,29). The van der Waals surface area contributed by atoms with Crippen LogP contribution in [0, 0.1) is 0 Å². The number of hydrogen-bond donors (Lipinski definition) is 2. The predicted octanol–water partition coefficient (Wildman–Crippen LogP) is 3.01. The van der Waals surface area contributed by atoms with Crippen LogP contribution in [-0.2, 0) is 9.59 Å². The molecule has 0 radical (unpaired) electrons. The van der Waals surface area contributed by atoms with Gasteiger partial charge in [-0.25, -0.2) is 10.2 Å². The number of hydrazone groups is 1. The largest absolute Gasteiger partial charge is 0.497 e. The Morgan fingerprint density at radius 2 is 1.55 bits per heavy atom. The molecule has 0 spiro atoms. The van der Waals surface area contributed by atoms with E-state index < -0.39 is 17.8 Å². The van der Waals surface area contributed by atoms with Gasteiger partial charge in [-0.3, -0.25) is 9.59 Å². The molecule has 9 heteroatoms. The molecule has 3 aromatic carbocycles. The zero-order valence-corrected chi connectivity index (χ0v) is 17.9. The third-order valence-corrected chi connectivity index (χ3v) is 4.36. The molecule has 3 rings (SSSR count). The zero-order chi connectivity index (χ0) is 23.6. The highest BCUT2D eigenvalue weighted by Crippen LogP contribution is 2.23. The first-order valence-electron chi connectivity index (χ1n) is 9.74. The number of rotatable bonds is 7. The van der Waals surface area contributed by atoms with Crippen LogP contribution in [-0.4, -0.2) is 38.2 Å². The van der Waals surface area contributed by atoms with Gasteiger partial charge in [0.25, 0.3) is 0 Å². The van der Waals surface area contributed by atoms with Crippen molar-refractivity contribution in [1.82, 2.24) is 5.43 Å². The second-order valence-electron chi connectivity index (χ2n) is 6.51. The first kappa shape index (κ1) is 23.0. The molecule has 2 N–H and O–H groups in total. The lowest BCUT2D eigenvalue weighted by Gasteiger charge is -2.09. The Kier molecular flexibility index (Phi) is 7.74. The molecule has 9 nitrogen and oxygen atoms in total. The van der Waals surface area contributed by atoms with Crippen molar-refractivity contribution in [2.45, 2.75) is 0 Å². The fraction of sp³-hybridized carbons (Fsp3) is 0.0833. The van der Waals surface area contributed by atoms with Gasteiger partial charge in [-0.1, -0.05) is 30.3 Å². The molecule has 0 saturated heterocycles. The molecule has 0 saturated carbocycles. The van der Waals surface area contributed by atoms with Crippen molar-refractivity contribution >= 4 is 29.7 Å². The number of nitrogens with zero attached hydrogens (tertiary/aromatic N) is 1. The summed E-state index contributed by atoms with van der Waals surface area (Å²) >= 11 is 0. The summed E-state index contributed by atoms with van der Waals surface area (Å²) in [5.74, 6) is -1.34. The van der Waals surface area contributed by atoms with Crippen LogP contribution in [0.1, 0.15) is 15.9 Å². The Labute approximate surface area is 190 Å². The van der Waals surface area contributed by atoms with Crippen molar-refractivity contribution in [3.05, 3.63) is 83.9 Å². The molecule has 0 fully saturated rings. The smallest absolute Gasteiger partial charge is 0.343 e. The summed E-state index contributed by atoms with van der Waals surface area (Å²) in [5.41, 5.74) is 3.21. The number of benzene rings is 3. The van der Waals surface area contributed by atoms with Gasteiger partial charge in [0.15, 0.2) is 0 Å². The molecule has 33 heavy (non-hydrogen) atoms. The minimum atomic E-state index is -0.983. The number of ether oxygens (including phenoxy) is 3. The number of hydrogen-bond acceptors (Lipinski definition) is 7. The first-order chi connectivity index (χ1) is 16.0. The Bertz CT molecular complexity index is 1190. The van der Waals surface area contributed by atoms with Gasteiger partial charge in [-0.05, 0) is 42.5 Å².